The molecule has 1 saturated heterocycles. The lowest BCUT2D eigenvalue weighted by Gasteiger charge is -2.27. The first-order chi connectivity index (χ1) is 14.9. The van der Waals surface area contributed by atoms with Gasteiger partial charge in [-0.25, -0.2) is 9.69 Å². The van der Waals surface area contributed by atoms with Gasteiger partial charge in [-0.3, -0.25) is 14.9 Å². The van der Waals surface area contributed by atoms with Gasteiger partial charge in [0.2, 0.25) is 0 Å². The number of urea groups is 1. The third-order valence-corrected chi connectivity index (χ3v) is 5.13. The van der Waals surface area contributed by atoms with Gasteiger partial charge < -0.3 is 4.42 Å². The van der Waals surface area contributed by atoms with Gasteiger partial charge in [-0.2, -0.15) is 5.26 Å². The van der Waals surface area contributed by atoms with E-state index in [1.807, 2.05) is 19.1 Å². The van der Waals surface area contributed by atoms with Crippen LogP contribution in [0.4, 0.5) is 10.5 Å². The van der Waals surface area contributed by atoms with Crippen LogP contribution in [-0.2, 0) is 9.59 Å². The standard InChI is InChI=1S/C24H17N3O4/c1-14-4-3-5-20(15(14)2)27-23(29)19(22(28)26-24(27)30)12-18-10-11-21(31-18)17-8-6-16(13-25)7-9-17/h3-12H,1-2H3,(H,26,28,30)/b19-12+. The molecule has 1 aliphatic heterocycles. The molecular formula is C24H17N3O4. The number of imide groups is 2. The van der Waals surface area contributed by atoms with E-state index in [0.29, 0.717) is 17.0 Å². The fourth-order valence-corrected chi connectivity index (χ4v) is 3.29. The number of furan rings is 1. The van der Waals surface area contributed by atoms with Crippen LogP contribution in [0.3, 0.4) is 0 Å². The Hall–Kier alpha value is -4.44. The van der Waals surface area contributed by atoms with Crippen molar-refractivity contribution in [3.8, 4) is 17.4 Å². The molecule has 0 aliphatic carbocycles. The van der Waals surface area contributed by atoms with Crippen molar-refractivity contribution < 1.29 is 18.8 Å². The second-order valence-corrected chi connectivity index (χ2v) is 7.07. The molecule has 0 unspecified atom stereocenters. The minimum absolute atomic E-state index is 0.207. The maximum absolute atomic E-state index is 13.1. The monoisotopic (exact) mass is 411 g/mol. The molecule has 1 N–H and O–H groups in total. The molecule has 2 heterocycles. The quantitative estimate of drug-likeness (QED) is 0.516. The van der Waals surface area contributed by atoms with E-state index < -0.39 is 17.8 Å². The predicted octanol–water partition coefficient (Wildman–Crippen LogP) is 4.10. The van der Waals surface area contributed by atoms with Crippen LogP contribution in [0, 0.1) is 25.2 Å². The average molecular weight is 411 g/mol. The number of nitrogens with zero attached hydrogens (tertiary/aromatic N) is 2. The molecule has 1 aliphatic rings. The van der Waals surface area contributed by atoms with Crippen molar-refractivity contribution in [3.05, 3.63) is 82.6 Å². The summed E-state index contributed by atoms with van der Waals surface area (Å²) < 4.78 is 5.76. The number of carbonyl (C=O) groups excluding carboxylic acids is 3. The van der Waals surface area contributed by atoms with Crippen LogP contribution in [-0.4, -0.2) is 17.8 Å². The molecule has 0 spiro atoms. The number of barbiturate groups is 1. The number of aryl methyl sites for hydroxylation is 1. The van der Waals surface area contributed by atoms with Crippen molar-refractivity contribution in [1.82, 2.24) is 5.32 Å². The summed E-state index contributed by atoms with van der Waals surface area (Å²) in [4.78, 5) is 38.8. The molecule has 152 valence electrons. The third kappa shape index (κ3) is 3.63. The number of benzene rings is 2. The van der Waals surface area contributed by atoms with Crippen LogP contribution in [0.5, 0.6) is 0 Å². The van der Waals surface area contributed by atoms with Gasteiger partial charge in [-0.05, 0) is 73.5 Å². The van der Waals surface area contributed by atoms with Gasteiger partial charge in [0.15, 0.2) is 0 Å². The number of anilines is 1. The number of carbonyl (C=O) groups is 3. The van der Waals surface area contributed by atoms with E-state index in [2.05, 4.69) is 5.32 Å². The molecule has 4 amide bonds. The molecule has 0 bridgehead atoms. The molecule has 4 rings (SSSR count). The summed E-state index contributed by atoms with van der Waals surface area (Å²) in [5.41, 5.74) is 3.16. The lowest BCUT2D eigenvalue weighted by Crippen LogP contribution is -2.54. The molecule has 31 heavy (non-hydrogen) atoms. The molecule has 3 aromatic rings. The van der Waals surface area contributed by atoms with E-state index in [9.17, 15) is 14.4 Å². The van der Waals surface area contributed by atoms with Crippen LogP contribution in [0.25, 0.3) is 17.4 Å². The van der Waals surface area contributed by atoms with E-state index >= 15 is 0 Å². The zero-order valence-corrected chi connectivity index (χ0v) is 16.8. The Kier molecular flexibility index (Phi) is 4.97. The minimum Gasteiger partial charge on any atom is -0.457 e. The number of hydrogen-bond donors (Lipinski definition) is 1. The van der Waals surface area contributed by atoms with Gasteiger partial charge in [-0.1, -0.05) is 12.1 Å². The Morgan fingerprint density at radius 3 is 2.45 bits per heavy atom. The Balaban J connectivity index is 1.68. The highest BCUT2D eigenvalue weighted by molar-refractivity contribution is 6.39. The summed E-state index contributed by atoms with van der Waals surface area (Å²) >= 11 is 0. The lowest BCUT2D eigenvalue weighted by atomic mass is 10.0. The van der Waals surface area contributed by atoms with Crippen molar-refractivity contribution >= 4 is 29.6 Å². The highest BCUT2D eigenvalue weighted by atomic mass is 16.3. The van der Waals surface area contributed by atoms with E-state index in [-0.39, 0.29) is 11.3 Å². The zero-order valence-electron chi connectivity index (χ0n) is 16.8. The topological polar surface area (TPSA) is 103 Å². The largest absolute Gasteiger partial charge is 0.457 e. The molecule has 0 atom stereocenters. The molecule has 7 nitrogen and oxygen atoms in total. The smallest absolute Gasteiger partial charge is 0.335 e. The van der Waals surface area contributed by atoms with Crippen molar-refractivity contribution in [2.45, 2.75) is 13.8 Å². The maximum atomic E-state index is 13.1. The molecule has 0 radical (unpaired) electrons. The average Bonchev–Trinajstić information content (AvgIpc) is 3.23. The molecule has 7 heteroatoms. The van der Waals surface area contributed by atoms with Crippen LogP contribution in [0.2, 0.25) is 0 Å². The van der Waals surface area contributed by atoms with Gasteiger partial charge in [-0.15, -0.1) is 0 Å². The first-order valence-corrected chi connectivity index (χ1v) is 9.47. The number of hydrogen-bond acceptors (Lipinski definition) is 5. The van der Waals surface area contributed by atoms with Gasteiger partial charge in [0.25, 0.3) is 11.8 Å². The van der Waals surface area contributed by atoms with Crippen LogP contribution < -0.4 is 10.2 Å². The zero-order chi connectivity index (χ0) is 22.1. The number of amides is 4. The summed E-state index contributed by atoms with van der Waals surface area (Å²) in [7, 11) is 0. The highest BCUT2D eigenvalue weighted by Crippen LogP contribution is 2.28. The Labute approximate surface area is 178 Å². The summed E-state index contributed by atoms with van der Waals surface area (Å²) in [5.74, 6) is -0.706. The van der Waals surface area contributed by atoms with Crippen molar-refractivity contribution in [1.29, 1.82) is 5.26 Å². The lowest BCUT2D eigenvalue weighted by molar-refractivity contribution is -0.122. The van der Waals surface area contributed by atoms with Crippen molar-refractivity contribution in [2.75, 3.05) is 4.90 Å². The van der Waals surface area contributed by atoms with Gasteiger partial charge in [0.05, 0.1) is 17.3 Å². The second kappa shape index (κ2) is 7.76. The molecule has 0 saturated carbocycles. The molecular weight excluding hydrogens is 394 g/mol. The van der Waals surface area contributed by atoms with E-state index in [1.54, 1.807) is 55.5 Å². The summed E-state index contributed by atoms with van der Waals surface area (Å²) in [5, 5.41) is 11.1. The Bertz CT molecular complexity index is 1290. The third-order valence-electron chi connectivity index (χ3n) is 5.13. The van der Waals surface area contributed by atoms with Crippen LogP contribution in [0.15, 0.2) is 64.6 Å². The number of rotatable bonds is 3. The SMILES string of the molecule is Cc1cccc(N2C(=O)NC(=O)/C(=C\c3ccc(-c4ccc(C#N)cc4)o3)C2=O)c1C. The number of nitrogens with one attached hydrogen (secondary N) is 1. The summed E-state index contributed by atoms with van der Waals surface area (Å²) in [6.45, 7) is 3.68. The van der Waals surface area contributed by atoms with Gasteiger partial charge >= 0.3 is 6.03 Å². The highest BCUT2D eigenvalue weighted by Gasteiger charge is 2.37. The normalized spacial score (nSPS) is 15.2. The Morgan fingerprint density at radius 1 is 1.00 bits per heavy atom. The number of nitriles is 1. The molecule has 1 aromatic heterocycles. The maximum Gasteiger partial charge on any atom is 0.335 e. The van der Waals surface area contributed by atoms with E-state index in [0.717, 1.165) is 21.6 Å². The van der Waals surface area contributed by atoms with Crippen molar-refractivity contribution in [3.63, 3.8) is 0 Å². The Morgan fingerprint density at radius 2 is 1.74 bits per heavy atom. The first-order valence-electron chi connectivity index (χ1n) is 9.47. The first kappa shape index (κ1) is 19.9. The second-order valence-electron chi connectivity index (χ2n) is 7.07. The summed E-state index contributed by atoms with van der Waals surface area (Å²) in [6.07, 6.45) is 1.31. The minimum atomic E-state index is -0.793. The molecule has 2 aromatic carbocycles. The van der Waals surface area contributed by atoms with Crippen LogP contribution >= 0.6 is 0 Å². The van der Waals surface area contributed by atoms with Crippen LogP contribution in [0.1, 0.15) is 22.5 Å². The van der Waals surface area contributed by atoms with Crippen molar-refractivity contribution in [2.24, 2.45) is 0 Å². The fraction of sp³-hybridized carbons (Fsp3) is 0.0833. The van der Waals surface area contributed by atoms with Gasteiger partial charge in [0, 0.05) is 5.56 Å². The van der Waals surface area contributed by atoms with Gasteiger partial charge in [0.1, 0.15) is 17.1 Å². The summed E-state index contributed by atoms with van der Waals surface area (Å²) in [6, 6.07) is 16.7. The predicted molar refractivity (Wildman–Crippen MR) is 114 cm³/mol. The fourth-order valence-electron chi connectivity index (χ4n) is 3.29. The van der Waals surface area contributed by atoms with E-state index in [1.165, 1.54) is 6.08 Å². The molecule has 1 fully saturated rings. The van der Waals surface area contributed by atoms with E-state index in [4.69, 9.17) is 9.68 Å².